The maximum absolute atomic E-state index is 12.0. The number of hydrogen-bond acceptors (Lipinski definition) is 3. The first-order valence-corrected chi connectivity index (χ1v) is 7.34. The monoisotopic (exact) mass is 282 g/mol. The summed E-state index contributed by atoms with van der Waals surface area (Å²) in [5, 5.41) is 14.8. The van der Waals surface area contributed by atoms with E-state index in [2.05, 4.69) is 10.6 Å². The Morgan fingerprint density at radius 3 is 2.40 bits per heavy atom. The summed E-state index contributed by atoms with van der Waals surface area (Å²) in [6.45, 7) is 0.160. The molecule has 2 rings (SSSR count). The molecule has 112 valence electrons. The Hall–Kier alpha value is -1.59. The highest BCUT2D eigenvalue weighted by molar-refractivity contribution is 5.91. The van der Waals surface area contributed by atoms with Gasteiger partial charge in [0, 0.05) is 13.0 Å². The number of rotatable bonds is 4. The highest BCUT2D eigenvalue weighted by Crippen LogP contribution is 2.34. The van der Waals surface area contributed by atoms with Crippen molar-refractivity contribution in [3.05, 3.63) is 0 Å². The average Bonchev–Trinajstić information content (AvgIpc) is 2.71. The van der Waals surface area contributed by atoms with Gasteiger partial charge in [-0.05, 0) is 19.3 Å². The molecule has 0 unspecified atom stereocenters. The fraction of sp³-hybridized carbons (Fsp3) is 0.786. The van der Waals surface area contributed by atoms with E-state index in [9.17, 15) is 19.5 Å². The maximum atomic E-state index is 12.0. The van der Waals surface area contributed by atoms with Crippen molar-refractivity contribution in [1.29, 1.82) is 0 Å². The van der Waals surface area contributed by atoms with E-state index in [1.165, 1.54) is 0 Å². The molecular formula is C14H22N2O4. The van der Waals surface area contributed by atoms with Crippen molar-refractivity contribution in [1.82, 2.24) is 10.6 Å². The Kier molecular flexibility index (Phi) is 4.62. The fourth-order valence-corrected chi connectivity index (χ4v) is 3.06. The van der Waals surface area contributed by atoms with Crippen LogP contribution in [0.2, 0.25) is 0 Å². The number of carboxylic acid groups (broad SMARTS) is 1. The first-order valence-electron chi connectivity index (χ1n) is 7.34. The predicted octanol–water partition coefficient (Wildman–Crippen LogP) is 0.806. The van der Waals surface area contributed by atoms with Gasteiger partial charge < -0.3 is 15.7 Å². The minimum absolute atomic E-state index is 0.118. The highest BCUT2D eigenvalue weighted by Gasteiger charge is 2.39. The predicted molar refractivity (Wildman–Crippen MR) is 71.9 cm³/mol. The minimum atomic E-state index is -0.839. The number of amides is 2. The van der Waals surface area contributed by atoms with Crippen molar-refractivity contribution < 1.29 is 19.5 Å². The van der Waals surface area contributed by atoms with Gasteiger partial charge in [0.15, 0.2) is 0 Å². The summed E-state index contributed by atoms with van der Waals surface area (Å²) in [5.41, 5.74) is -0.839. The molecule has 2 aliphatic rings. The van der Waals surface area contributed by atoms with Crippen LogP contribution in [0.15, 0.2) is 0 Å². The molecule has 0 radical (unpaired) electrons. The van der Waals surface area contributed by atoms with Crippen LogP contribution in [-0.4, -0.2) is 35.5 Å². The SMILES string of the molecule is O=C1CC[C@@H](C(=O)NCC2(C(=O)O)CCCCCC2)N1. The number of carbonyl (C=O) groups excluding carboxylic acids is 2. The van der Waals surface area contributed by atoms with Crippen LogP contribution in [0.3, 0.4) is 0 Å². The van der Waals surface area contributed by atoms with Crippen molar-refractivity contribution in [3.8, 4) is 0 Å². The smallest absolute Gasteiger partial charge is 0.311 e. The molecule has 6 heteroatoms. The molecule has 1 heterocycles. The van der Waals surface area contributed by atoms with Crippen molar-refractivity contribution in [2.45, 2.75) is 57.4 Å². The maximum Gasteiger partial charge on any atom is 0.311 e. The largest absolute Gasteiger partial charge is 0.481 e. The van der Waals surface area contributed by atoms with Gasteiger partial charge in [0.2, 0.25) is 11.8 Å². The van der Waals surface area contributed by atoms with E-state index in [-0.39, 0.29) is 18.4 Å². The Balaban J connectivity index is 1.93. The van der Waals surface area contributed by atoms with E-state index >= 15 is 0 Å². The van der Waals surface area contributed by atoms with Crippen LogP contribution in [0.25, 0.3) is 0 Å². The summed E-state index contributed by atoms with van der Waals surface area (Å²) in [6, 6.07) is -0.501. The standard InChI is InChI=1S/C14H22N2O4/c17-11-6-5-10(16-11)12(18)15-9-14(13(19)20)7-3-1-2-4-8-14/h10H,1-9H2,(H,15,18)(H,16,17)(H,19,20)/t10-/m0/s1. The molecule has 0 aromatic carbocycles. The van der Waals surface area contributed by atoms with Gasteiger partial charge in [0.05, 0.1) is 5.41 Å². The van der Waals surface area contributed by atoms with Gasteiger partial charge in [-0.1, -0.05) is 25.7 Å². The van der Waals surface area contributed by atoms with Gasteiger partial charge in [-0.2, -0.15) is 0 Å². The van der Waals surface area contributed by atoms with Crippen LogP contribution < -0.4 is 10.6 Å². The molecule has 2 amide bonds. The summed E-state index contributed by atoms with van der Waals surface area (Å²) >= 11 is 0. The van der Waals surface area contributed by atoms with Crippen LogP contribution in [0.5, 0.6) is 0 Å². The fourth-order valence-electron chi connectivity index (χ4n) is 3.06. The van der Waals surface area contributed by atoms with Crippen LogP contribution >= 0.6 is 0 Å². The molecule has 1 saturated carbocycles. The Bertz CT molecular complexity index is 400. The molecule has 3 N–H and O–H groups in total. The topological polar surface area (TPSA) is 95.5 Å². The summed E-state index contributed by atoms with van der Waals surface area (Å²) in [5.74, 6) is -1.21. The van der Waals surface area contributed by atoms with Gasteiger partial charge in [-0.15, -0.1) is 0 Å². The molecule has 1 atom stereocenters. The zero-order valence-corrected chi connectivity index (χ0v) is 11.6. The van der Waals surface area contributed by atoms with Crippen molar-refractivity contribution in [2.75, 3.05) is 6.54 Å². The average molecular weight is 282 g/mol. The van der Waals surface area contributed by atoms with Crippen molar-refractivity contribution in [2.24, 2.45) is 5.41 Å². The molecule has 1 aliphatic carbocycles. The number of aliphatic carboxylic acids is 1. The second kappa shape index (κ2) is 6.24. The van der Waals surface area contributed by atoms with E-state index in [4.69, 9.17) is 0 Å². The molecule has 0 aromatic rings. The highest BCUT2D eigenvalue weighted by atomic mass is 16.4. The van der Waals surface area contributed by atoms with E-state index in [1.54, 1.807) is 0 Å². The molecule has 0 bridgehead atoms. The Labute approximate surface area is 118 Å². The van der Waals surface area contributed by atoms with Gasteiger partial charge >= 0.3 is 5.97 Å². The molecule has 0 aromatic heterocycles. The number of nitrogens with one attached hydrogen (secondary N) is 2. The third-order valence-corrected chi connectivity index (χ3v) is 4.43. The first kappa shape index (κ1) is 14.8. The van der Waals surface area contributed by atoms with Crippen LogP contribution in [0.4, 0.5) is 0 Å². The normalized spacial score (nSPS) is 25.6. The lowest BCUT2D eigenvalue weighted by molar-refractivity contribution is -0.150. The summed E-state index contributed by atoms with van der Waals surface area (Å²) in [4.78, 5) is 34.7. The molecular weight excluding hydrogens is 260 g/mol. The Morgan fingerprint density at radius 1 is 1.25 bits per heavy atom. The van der Waals surface area contributed by atoms with Gasteiger partial charge in [0.25, 0.3) is 0 Å². The quantitative estimate of drug-likeness (QED) is 0.665. The summed E-state index contributed by atoms with van der Waals surface area (Å²) in [6.07, 6.45) is 5.97. The zero-order valence-electron chi connectivity index (χ0n) is 11.6. The van der Waals surface area contributed by atoms with Crippen LogP contribution in [0, 0.1) is 5.41 Å². The molecule has 2 fully saturated rings. The lowest BCUT2D eigenvalue weighted by Crippen LogP contribution is -2.48. The second-order valence-electron chi connectivity index (χ2n) is 5.88. The minimum Gasteiger partial charge on any atom is -0.481 e. The first-order chi connectivity index (χ1) is 9.53. The third-order valence-electron chi connectivity index (χ3n) is 4.43. The Morgan fingerprint density at radius 2 is 1.90 bits per heavy atom. The number of carbonyl (C=O) groups is 3. The van der Waals surface area contributed by atoms with E-state index in [0.717, 1.165) is 25.7 Å². The second-order valence-corrected chi connectivity index (χ2v) is 5.88. The lowest BCUT2D eigenvalue weighted by Gasteiger charge is -2.28. The van der Waals surface area contributed by atoms with Gasteiger partial charge in [-0.3, -0.25) is 14.4 Å². The van der Waals surface area contributed by atoms with Gasteiger partial charge in [-0.25, -0.2) is 0 Å². The number of carboxylic acids is 1. The number of hydrogen-bond donors (Lipinski definition) is 3. The van der Waals surface area contributed by atoms with Gasteiger partial charge in [0.1, 0.15) is 6.04 Å². The van der Waals surface area contributed by atoms with Crippen molar-refractivity contribution in [3.63, 3.8) is 0 Å². The van der Waals surface area contributed by atoms with E-state index in [1.807, 2.05) is 0 Å². The molecule has 6 nitrogen and oxygen atoms in total. The summed E-state index contributed by atoms with van der Waals surface area (Å²) in [7, 11) is 0. The third kappa shape index (κ3) is 3.29. The molecule has 20 heavy (non-hydrogen) atoms. The molecule has 1 aliphatic heterocycles. The van der Waals surface area contributed by atoms with E-state index < -0.39 is 17.4 Å². The van der Waals surface area contributed by atoms with Crippen molar-refractivity contribution >= 4 is 17.8 Å². The van der Waals surface area contributed by atoms with Crippen LogP contribution in [0.1, 0.15) is 51.4 Å². The molecule has 1 saturated heterocycles. The van der Waals surface area contributed by atoms with E-state index in [0.29, 0.717) is 25.7 Å². The zero-order chi connectivity index (χ0) is 14.6. The summed E-state index contributed by atoms with van der Waals surface area (Å²) < 4.78 is 0. The lowest BCUT2D eigenvalue weighted by atomic mass is 9.80. The molecule has 0 spiro atoms. The van der Waals surface area contributed by atoms with Crippen LogP contribution in [-0.2, 0) is 14.4 Å².